The van der Waals surface area contributed by atoms with E-state index in [0.717, 1.165) is 18.9 Å². The van der Waals surface area contributed by atoms with Crippen molar-refractivity contribution in [2.24, 2.45) is 5.92 Å². The van der Waals surface area contributed by atoms with Crippen molar-refractivity contribution in [3.8, 4) is 0 Å². The molecule has 0 radical (unpaired) electrons. The third kappa shape index (κ3) is 3.86. The third-order valence-corrected chi connectivity index (χ3v) is 3.49. The van der Waals surface area contributed by atoms with Crippen LogP contribution in [0.2, 0.25) is 0 Å². The lowest BCUT2D eigenvalue weighted by Crippen LogP contribution is -2.43. The van der Waals surface area contributed by atoms with Crippen LogP contribution in [0.15, 0.2) is 18.2 Å². The monoisotopic (exact) mass is 301 g/mol. The van der Waals surface area contributed by atoms with Gasteiger partial charge >= 0.3 is 6.18 Å². The van der Waals surface area contributed by atoms with E-state index in [0.29, 0.717) is 19.6 Å². The van der Waals surface area contributed by atoms with Crippen LogP contribution in [0.3, 0.4) is 0 Å². The Labute approximate surface area is 121 Å². The van der Waals surface area contributed by atoms with E-state index >= 15 is 0 Å². The summed E-state index contributed by atoms with van der Waals surface area (Å²) < 4.78 is 38.1. The van der Waals surface area contributed by atoms with E-state index in [2.05, 4.69) is 10.3 Å². The quantitative estimate of drug-likeness (QED) is 0.933. The lowest BCUT2D eigenvalue weighted by molar-refractivity contribution is -0.141. The van der Waals surface area contributed by atoms with Crippen LogP contribution in [0.25, 0.3) is 0 Å². The van der Waals surface area contributed by atoms with E-state index in [4.69, 9.17) is 0 Å². The zero-order valence-electron chi connectivity index (χ0n) is 11.8. The highest BCUT2D eigenvalue weighted by Gasteiger charge is 2.33. The molecule has 1 aromatic rings. The van der Waals surface area contributed by atoms with Crippen molar-refractivity contribution >= 4 is 11.7 Å². The molecule has 0 unspecified atom stereocenters. The molecule has 4 nitrogen and oxygen atoms in total. The van der Waals surface area contributed by atoms with Gasteiger partial charge in [0.15, 0.2) is 0 Å². The van der Waals surface area contributed by atoms with Crippen molar-refractivity contribution in [3.05, 3.63) is 23.9 Å². The number of halogens is 3. The molecule has 21 heavy (non-hydrogen) atoms. The largest absolute Gasteiger partial charge is 0.433 e. The van der Waals surface area contributed by atoms with Gasteiger partial charge in [0.25, 0.3) is 0 Å². The number of anilines is 1. The highest BCUT2D eigenvalue weighted by Crippen LogP contribution is 2.30. The molecule has 2 heterocycles. The number of nitrogens with zero attached hydrogens (tertiary/aromatic N) is 2. The van der Waals surface area contributed by atoms with Crippen LogP contribution < -0.4 is 10.2 Å². The summed E-state index contributed by atoms with van der Waals surface area (Å²) >= 11 is 0. The summed E-state index contributed by atoms with van der Waals surface area (Å²) in [6.07, 6.45) is -2.94. The number of amides is 1. The molecule has 1 amide bonds. The number of piperidine rings is 1. The first-order valence-electron chi connectivity index (χ1n) is 6.98. The summed E-state index contributed by atoms with van der Waals surface area (Å²) in [6, 6.07) is 3.85. The Morgan fingerprint density at radius 2 is 2.24 bits per heavy atom. The third-order valence-electron chi connectivity index (χ3n) is 3.49. The lowest BCUT2D eigenvalue weighted by atomic mass is 9.97. The number of alkyl halides is 3. The number of carbonyl (C=O) groups is 1. The van der Waals surface area contributed by atoms with Gasteiger partial charge in [-0.05, 0) is 31.9 Å². The van der Waals surface area contributed by atoms with Crippen LogP contribution in [0.4, 0.5) is 19.0 Å². The molecule has 1 N–H and O–H groups in total. The number of aromatic nitrogens is 1. The first-order chi connectivity index (χ1) is 9.91. The summed E-state index contributed by atoms with van der Waals surface area (Å²) in [4.78, 5) is 17.3. The van der Waals surface area contributed by atoms with Gasteiger partial charge in [0.1, 0.15) is 11.5 Å². The highest BCUT2D eigenvalue weighted by atomic mass is 19.4. The average molecular weight is 301 g/mol. The number of hydrogen-bond acceptors (Lipinski definition) is 3. The van der Waals surface area contributed by atoms with Crippen LogP contribution in [0, 0.1) is 5.92 Å². The van der Waals surface area contributed by atoms with Gasteiger partial charge in [0.2, 0.25) is 5.91 Å². The minimum atomic E-state index is -4.45. The Kier molecular flexibility index (Phi) is 4.69. The van der Waals surface area contributed by atoms with Gasteiger partial charge in [-0.25, -0.2) is 4.98 Å². The summed E-state index contributed by atoms with van der Waals surface area (Å²) in [5, 5.41) is 2.76. The van der Waals surface area contributed by atoms with E-state index in [1.54, 1.807) is 11.0 Å². The average Bonchev–Trinajstić information content (AvgIpc) is 2.47. The molecule has 0 aromatic carbocycles. The van der Waals surface area contributed by atoms with Crippen LogP contribution >= 0.6 is 0 Å². The minimum Gasteiger partial charge on any atom is -0.356 e. The van der Waals surface area contributed by atoms with E-state index in [1.807, 2.05) is 6.92 Å². The number of rotatable bonds is 3. The Hall–Kier alpha value is -1.79. The second-order valence-corrected chi connectivity index (χ2v) is 5.06. The Morgan fingerprint density at radius 3 is 2.90 bits per heavy atom. The maximum absolute atomic E-state index is 12.7. The molecular weight excluding hydrogens is 283 g/mol. The van der Waals surface area contributed by atoms with E-state index in [9.17, 15) is 18.0 Å². The maximum Gasteiger partial charge on any atom is 0.433 e. The first-order valence-corrected chi connectivity index (χ1v) is 6.98. The van der Waals surface area contributed by atoms with Crippen molar-refractivity contribution in [1.82, 2.24) is 10.3 Å². The molecule has 1 aromatic heterocycles. The van der Waals surface area contributed by atoms with Crippen LogP contribution in [-0.2, 0) is 11.0 Å². The van der Waals surface area contributed by atoms with E-state index in [1.165, 1.54) is 6.07 Å². The predicted octanol–water partition coefficient (Wildman–Crippen LogP) is 2.45. The van der Waals surface area contributed by atoms with E-state index in [-0.39, 0.29) is 17.6 Å². The second-order valence-electron chi connectivity index (χ2n) is 5.06. The molecule has 2 rings (SSSR count). The highest BCUT2D eigenvalue weighted by molar-refractivity contribution is 5.79. The number of hydrogen-bond donors (Lipinski definition) is 1. The molecule has 1 atom stereocenters. The molecule has 116 valence electrons. The smallest absolute Gasteiger partial charge is 0.356 e. The molecule has 0 bridgehead atoms. The summed E-state index contributed by atoms with van der Waals surface area (Å²) in [6.45, 7) is 3.41. The summed E-state index contributed by atoms with van der Waals surface area (Å²) in [5.41, 5.74) is -0.903. The van der Waals surface area contributed by atoms with Crippen LogP contribution in [0.5, 0.6) is 0 Å². The zero-order valence-corrected chi connectivity index (χ0v) is 11.8. The summed E-state index contributed by atoms with van der Waals surface area (Å²) in [7, 11) is 0. The van der Waals surface area contributed by atoms with Gasteiger partial charge in [-0.2, -0.15) is 13.2 Å². The molecule has 1 fully saturated rings. The minimum absolute atomic E-state index is 0.0471. The van der Waals surface area contributed by atoms with Crippen LogP contribution in [-0.4, -0.2) is 30.5 Å². The van der Waals surface area contributed by atoms with Gasteiger partial charge < -0.3 is 10.2 Å². The lowest BCUT2D eigenvalue weighted by Gasteiger charge is -2.33. The Morgan fingerprint density at radius 1 is 1.48 bits per heavy atom. The van der Waals surface area contributed by atoms with Crippen molar-refractivity contribution in [2.45, 2.75) is 25.9 Å². The molecule has 7 heteroatoms. The summed E-state index contributed by atoms with van der Waals surface area (Å²) in [5.74, 6) is 0.0306. The van der Waals surface area contributed by atoms with Gasteiger partial charge in [-0.1, -0.05) is 6.07 Å². The van der Waals surface area contributed by atoms with Crippen LogP contribution in [0.1, 0.15) is 25.5 Å². The number of nitrogens with one attached hydrogen (secondary N) is 1. The van der Waals surface area contributed by atoms with Crippen molar-refractivity contribution in [3.63, 3.8) is 0 Å². The van der Waals surface area contributed by atoms with Gasteiger partial charge in [-0.15, -0.1) is 0 Å². The fraction of sp³-hybridized carbons (Fsp3) is 0.571. The Balaban J connectivity index is 2.13. The molecular formula is C14H18F3N3O. The van der Waals surface area contributed by atoms with Crippen molar-refractivity contribution in [2.75, 3.05) is 24.5 Å². The van der Waals surface area contributed by atoms with Gasteiger partial charge in [0.05, 0.1) is 5.92 Å². The standard InChI is InChI=1S/C14H18F3N3O/c1-2-18-13(21)10-5-4-8-20(9-10)12-7-3-6-11(19-12)14(15,16)17/h3,6-7,10H,2,4-5,8-9H2,1H3,(H,18,21)/t10-/m1/s1. The molecule has 0 saturated carbocycles. The topological polar surface area (TPSA) is 45.2 Å². The number of carbonyl (C=O) groups excluding carboxylic acids is 1. The van der Waals surface area contributed by atoms with Gasteiger partial charge in [-0.3, -0.25) is 4.79 Å². The first kappa shape index (κ1) is 15.6. The van der Waals surface area contributed by atoms with Crippen molar-refractivity contribution in [1.29, 1.82) is 0 Å². The molecule has 0 spiro atoms. The molecule has 0 aliphatic carbocycles. The van der Waals surface area contributed by atoms with Gasteiger partial charge in [0, 0.05) is 19.6 Å². The normalized spacial score (nSPS) is 19.4. The maximum atomic E-state index is 12.7. The zero-order chi connectivity index (χ0) is 15.5. The second kappa shape index (κ2) is 6.32. The molecule has 1 aliphatic heterocycles. The fourth-order valence-electron chi connectivity index (χ4n) is 2.48. The SMILES string of the molecule is CCNC(=O)[C@@H]1CCCN(c2cccc(C(F)(F)F)n2)C1. The molecule has 1 saturated heterocycles. The van der Waals surface area contributed by atoms with E-state index < -0.39 is 11.9 Å². The molecule has 1 aliphatic rings. The van der Waals surface area contributed by atoms with Crippen molar-refractivity contribution < 1.29 is 18.0 Å². The predicted molar refractivity (Wildman–Crippen MR) is 72.9 cm³/mol. The fourth-order valence-corrected chi connectivity index (χ4v) is 2.48. The Bertz CT molecular complexity index is 504. The number of pyridine rings is 1.